The summed E-state index contributed by atoms with van der Waals surface area (Å²) in [4.78, 5) is 10.3. The molecule has 0 aliphatic rings. The van der Waals surface area contributed by atoms with Crippen LogP contribution in [0.4, 0.5) is 5.95 Å². The molecule has 0 fully saturated rings. The fourth-order valence-corrected chi connectivity index (χ4v) is 1.53. The largest absolute Gasteiger partial charge is 0.409 e. The van der Waals surface area contributed by atoms with Crippen LogP contribution in [0, 0.1) is 0 Å². The van der Waals surface area contributed by atoms with E-state index in [4.69, 9.17) is 10.9 Å². The van der Waals surface area contributed by atoms with Gasteiger partial charge in [-0.2, -0.15) is 4.98 Å². The minimum atomic E-state index is 0.0324. The average molecular weight is 246 g/mol. The molecule has 7 heteroatoms. The number of anilines is 1. The highest BCUT2D eigenvalue weighted by Gasteiger charge is 2.09. The Hall–Kier alpha value is -2.57. The van der Waals surface area contributed by atoms with Gasteiger partial charge in [-0.25, -0.2) is 4.98 Å². The molecule has 0 unspecified atom stereocenters. The Labute approximate surface area is 104 Å². The van der Waals surface area contributed by atoms with Crippen molar-refractivity contribution in [2.24, 2.45) is 10.9 Å². The van der Waals surface area contributed by atoms with Crippen molar-refractivity contribution >= 4 is 11.8 Å². The van der Waals surface area contributed by atoms with E-state index in [1.807, 2.05) is 14.1 Å². The molecule has 0 aliphatic carbocycles. The van der Waals surface area contributed by atoms with E-state index < -0.39 is 0 Å². The van der Waals surface area contributed by atoms with Gasteiger partial charge in [0.2, 0.25) is 5.95 Å². The fourth-order valence-electron chi connectivity index (χ4n) is 1.53. The van der Waals surface area contributed by atoms with Crippen LogP contribution in [-0.2, 0) is 0 Å². The maximum atomic E-state index is 8.73. The van der Waals surface area contributed by atoms with Crippen LogP contribution in [0.5, 0.6) is 0 Å². The zero-order valence-electron chi connectivity index (χ0n) is 10.1. The summed E-state index contributed by atoms with van der Waals surface area (Å²) in [6.45, 7) is 0. The number of oxime groups is 1. The van der Waals surface area contributed by atoms with Gasteiger partial charge >= 0.3 is 0 Å². The summed E-state index contributed by atoms with van der Waals surface area (Å²) in [6.07, 6.45) is 3.45. The van der Waals surface area contributed by atoms with Crippen LogP contribution in [0.3, 0.4) is 0 Å². The number of amidine groups is 1. The normalized spacial score (nSPS) is 11.6. The van der Waals surface area contributed by atoms with E-state index in [1.165, 1.54) is 0 Å². The lowest BCUT2D eigenvalue weighted by molar-refractivity contribution is 0.318. The average Bonchev–Trinajstić information content (AvgIpc) is 2.87. The Balaban J connectivity index is 2.49. The van der Waals surface area contributed by atoms with E-state index in [0.29, 0.717) is 17.5 Å². The summed E-state index contributed by atoms with van der Waals surface area (Å²) in [7, 11) is 3.72. The molecule has 2 aromatic heterocycles. The molecule has 0 spiro atoms. The van der Waals surface area contributed by atoms with Gasteiger partial charge in [-0.1, -0.05) is 5.16 Å². The second-order valence-electron chi connectivity index (χ2n) is 3.86. The number of aromatic nitrogens is 3. The Bertz CT molecular complexity index is 574. The van der Waals surface area contributed by atoms with Crippen LogP contribution in [-0.4, -0.2) is 39.7 Å². The highest BCUT2D eigenvalue weighted by molar-refractivity contribution is 5.96. The van der Waals surface area contributed by atoms with Crippen molar-refractivity contribution in [3.63, 3.8) is 0 Å². The lowest BCUT2D eigenvalue weighted by Crippen LogP contribution is -2.19. The Morgan fingerprint density at radius 1 is 1.44 bits per heavy atom. The predicted octanol–water partition coefficient (Wildman–Crippen LogP) is 0.428. The second-order valence-corrected chi connectivity index (χ2v) is 3.86. The first-order chi connectivity index (χ1) is 8.63. The van der Waals surface area contributed by atoms with Gasteiger partial charge in [0.1, 0.15) is 5.82 Å². The van der Waals surface area contributed by atoms with Crippen LogP contribution in [0.25, 0.3) is 5.82 Å². The van der Waals surface area contributed by atoms with E-state index in [-0.39, 0.29) is 5.84 Å². The Morgan fingerprint density at radius 3 is 2.89 bits per heavy atom. The van der Waals surface area contributed by atoms with Gasteiger partial charge in [-0.05, 0) is 18.2 Å². The molecule has 0 saturated heterocycles. The minimum absolute atomic E-state index is 0.0324. The smallest absolute Gasteiger partial charge is 0.226 e. The molecular formula is C11H14N6O. The zero-order valence-corrected chi connectivity index (χ0v) is 10.1. The molecule has 0 aliphatic heterocycles. The van der Waals surface area contributed by atoms with E-state index in [2.05, 4.69) is 15.1 Å². The maximum Gasteiger partial charge on any atom is 0.226 e. The van der Waals surface area contributed by atoms with E-state index in [0.717, 1.165) is 0 Å². The molecule has 2 rings (SSSR count). The summed E-state index contributed by atoms with van der Waals surface area (Å²) < 4.78 is 1.73. The summed E-state index contributed by atoms with van der Waals surface area (Å²) in [5.74, 6) is 1.27. The van der Waals surface area contributed by atoms with Crippen molar-refractivity contribution in [1.82, 2.24) is 14.5 Å². The quantitative estimate of drug-likeness (QED) is 0.354. The third-order valence-corrected chi connectivity index (χ3v) is 2.39. The van der Waals surface area contributed by atoms with Crippen LogP contribution in [0.15, 0.2) is 35.7 Å². The van der Waals surface area contributed by atoms with Crippen LogP contribution >= 0.6 is 0 Å². The monoisotopic (exact) mass is 246 g/mol. The molecule has 18 heavy (non-hydrogen) atoms. The number of rotatable bonds is 3. The SMILES string of the molecule is CN(C)c1nccc(-n2cccc2/C(N)=N/O)n1. The van der Waals surface area contributed by atoms with Crippen molar-refractivity contribution < 1.29 is 5.21 Å². The number of hydrogen-bond acceptors (Lipinski definition) is 5. The fraction of sp³-hybridized carbons (Fsp3) is 0.182. The van der Waals surface area contributed by atoms with Gasteiger partial charge < -0.3 is 15.8 Å². The maximum absolute atomic E-state index is 8.73. The Kier molecular flexibility index (Phi) is 3.13. The number of nitrogens with two attached hydrogens (primary N) is 1. The standard InChI is InChI=1S/C11H14N6O/c1-16(2)11-13-6-5-9(14-11)17-7-3-4-8(17)10(12)15-18/h3-7,18H,1-2H3,(H2,12,15). The number of nitrogens with zero attached hydrogens (tertiary/aromatic N) is 5. The molecule has 0 bridgehead atoms. The van der Waals surface area contributed by atoms with Gasteiger partial charge in [0.05, 0.1) is 5.69 Å². The van der Waals surface area contributed by atoms with Gasteiger partial charge in [0.25, 0.3) is 0 Å². The second kappa shape index (κ2) is 4.74. The van der Waals surface area contributed by atoms with Crippen molar-refractivity contribution in [1.29, 1.82) is 0 Å². The molecule has 2 aromatic rings. The summed E-state index contributed by atoms with van der Waals surface area (Å²) in [6, 6.07) is 5.29. The van der Waals surface area contributed by atoms with E-state index in [9.17, 15) is 0 Å². The van der Waals surface area contributed by atoms with Gasteiger partial charge in [0, 0.05) is 26.5 Å². The molecule has 3 N–H and O–H groups in total. The molecule has 0 radical (unpaired) electrons. The van der Waals surface area contributed by atoms with Crippen molar-refractivity contribution in [3.8, 4) is 5.82 Å². The summed E-state index contributed by atoms with van der Waals surface area (Å²) in [5.41, 5.74) is 6.17. The van der Waals surface area contributed by atoms with Crippen molar-refractivity contribution in [2.45, 2.75) is 0 Å². The van der Waals surface area contributed by atoms with Crippen molar-refractivity contribution in [2.75, 3.05) is 19.0 Å². The highest BCUT2D eigenvalue weighted by atomic mass is 16.4. The van der Waals surface area contributed by atoms with E-state index >= 15 is 0 Å². The minimum Gasteiger partial charge on any atom is -0.409 e. The number of hydrogen-bond donors (Lipinski definition) is 2. The Morgan fingerprint density at radius 2 is 2.22 bits per heavy atom. The topological polar surface area (TPSA) is 92.6 Å². The summed E-state index contributed by atoms with van der Waals surface area (Å²) >= 11 is 0. The molecular weight excluding hydrogens is 232 g/mol. The van der Waals surface area contributed by atoms with Gasteiger partial charge in [-0.3, -0.25) is 4.57 Å². The predicted molar refractivity (Wildman–Crippen MR) is 68.2 cm³/mol. The third kappa shape index (κ3) is 2.10. The molecule has 94 valence electrons. The first kappa shape index (κ1) is 11.9. The zero-order chi connectivity index (χ0) is 13.1. The molecule has 2 heterocycles. The summed E-state index contributed by atoms with van der Waals surface area (Å²) in [5, 5.41) is 11.7. The molecule has 0 amide bonds. The molecule has 0 atom stereocenters. The van der Waals surface area contributed by atoms with Gasteiger partial charge in [-0.15, -0.1) is 0 Å². The highest BCUT2D eigenvalue weighted by Crippen LogP contribution is 2.12. The lowest BCUT2D eigenvalue weighted by atomic mass is 10.4. The van der Waals surface area contributed by atoms with E-state index in [1.54, 1.807) is 40.1 Å². The molecule has 0 saturated carbocycles. The molecule has 7 nitrogen and oxygen atoms in total. The molecule has 0 aromatic carbocycles. The van der Waals surface area contributed by atoms with Gasteiger partial charge in [0.15, 0.2) is 5.84 Å². The first-order valence-electron chi connectivity index (χ1n) is 5.29. The van der Waals surface area contributed by atoms with Crippen LogP contribution in [0.2, 0.25) is 0 Å². The van der Waals surface area contributed by atoms with Crippen molar-refractivity contribution in [3.05, 3.63) is 36.3 Å². The van der Waals surface area contributed by atoms with Crippen LogP contribution in [0.1, 0.15) is 5.69 Å². The third-order valence-electron chi connectivity index (χ3n) is 2.39. The first-order valence-corrected chi connectivity index (χ1v) is 5.29. The van der Waals surface area contributed by atoms with Crippen LogP contribution < -0.4 is 10.6 Å². The lowest BCUT2D eigenvalue weighted by Gasteiger charge is -2.12.